The number of amides is 1. The summed E-state index contributed by atoms with van der Waals surface area (Å²) in [4.78, 5) is 15.4. The van der Waals surface area contributed by atoms with Gasteiger partial charge in [0.15, 0.2) is 0 Å². The summed E-state index contributed by atoms with van der Waals surface area (Å²) in [6.07, 6.45) is 2.23. The van der Waals surface area contributed by atoms with Gasteiger partial charge in [-0.05, 0) is 12.5 Å². The largest absolute Gasteiger partial charge is 0.369 e. The highest BCUT2D eigenvalue weighted by atomic mass is 16.1. The van der Waals surface area contributed by atoms with Crippen molar-refractivity contribution in [3.63, 3.8) is 0 Å². The van der Waals surface area contributed by atoms with Crippen LogP contribution in [0, 0.1) is 0 Å². The maximum Gasteiger partial charge on any atom is 0.231 e. The van der Waals surface area contributed by atoms with Gasteiger partial charge in [-0.15, -0.1) is 0 Å². The predicted octanol–water partition coefficient (Wildman–Crippen LogP) is 1.19. The molecule has 1 amide bonds. The van der Waals surface area contributed by atoms with Crippen LogP contribution in [0.4, 0.5) is 0 Å². The van der Waals surface area contributed by atoms with Crippen LogP contribution in [-0.4, -0.2) is 55.0 Å². The number of rotatable bonds is 5. The van der Waals surface area contributed by atoms with Gasteiger partial charge in [0.25, 0.3) is 0 Å². The first-order valence-electron chi connectivity index (χ1n) is 7.09. The molecule has 1 aromatic rings. The summed E-state index contributed by atoms with van der Waals surface area (Å²) in [6.45, 7) is 7.36. The molecule has 0 aromatic heterocycles. The third-order valence-electron chi connectivity index (χ3n) is 3.53. The van der Waals surface area contributed by atoms with Crippen molar-refractivity contribution in [1.82, 2.24) is 9.80 Å². The zero-order valence-electron chi connectivity index (χ0n) is 12.1. The predicted molar refractivity (Wildman–Crippen MR) is 82.2 cm³/mol. The molecule has 0 unspecified atom stereocenters. The Labute approximate surface area is 120 Å². The summed E-state index contributed by atoms with van der Waals surface area (Å²) >= 11 is 0. The topological polar surface area (TPSA) is 49.6 Å². The molecule has 1 aliphatic heterocycles. The summed E-state index contributed by atoms with van der Waals surface area (Å²) in [5.41, 5.74) is 7.83. The van der Waals surface area contributed by atoms with Crippen LogP contribution in [0.2, 0.25) is 0 Å². The van der Waals surface area contributed by atoms with Gasteiger partial charge in [-0.3, -0.25) is 14.6 Å². The monoisotopic (exact) mass is 273 g/mol. The SMILES string of the molecule is C/C(=C/c1ccccc1)CN1CCN(CC(N)=O)CC1. The Morgan fingerprint density at radius 1 is 1.10 bits per heavy atom. The molecule has 2 rings (SSSR count). The van der Waals surface area contributed by atoms with E-state index in [1.165, 1.54) is 11.1 Å². The van der Waals surface area contributed by atoms with E-state index in [0.29, 0.717) is 6.54 Å². The Bertz CT molecular complexity index is 462. The number of nitrogens with zero attached hydrogens (tertiary/aromatic N) is 2. The van der Waals surface area contributed by atoms with Gasteiger partial charge in [-0.2, -0.15) is 0 Å². The molecule has 2 N–H and O–H groups in total. The van der Waals surface area contributed by atoms with Crippen molar-refractivity contribution < 1.29 is 4.79 Å². The van der Waals surface area contributed by atoms with Crippen molar-refractivity contribution in [2.75, 3.05) is 39.3 Å². The lowest BCUT2D eigenvalue weighted by atomic mass is 10.1. The van der Waals surface area contributed by atoms with Crippen LogP contribution in [0.1, 0.15) is 12.5 Å². The summed E-state index contributed by atoms with van der Waals surface area (Å²) in [5.74, 6) is -0.237. The van der Waals surface area contributed by atoms with Crippen LogP contribution in [-0.2, 0) is 4.79 Å². The lowest BCUT2D eigenvalue weighted by Crippen LogP contribution is -2.49. The van der Waals surface area contributed by atoms with E-state index in [9.17, 15) is 4.79 Å². The molecule has 20 heavy (non-hydrogen) atoms. The molecule has 0 radical (unpaired) electrons. The van der Waals surface area contributed by atoms with E-state index in [1.54, 1.807) is 0 Å². The van der Waals surface area contributed by atoms with Crippen molar-refractivity contribution in [1.29, 1.82) is 0 Å². The highest BCUT2D eigenvalue weighted by Gasteiger charge is 2.17. The summed E-state index contributed by atoms with van der Waals surface area (Å²) < 4.78 is 0. The maximum atomic E-state index is 10.9. The molecule has 1 fully saturated rings. The normalized spacial score (nSPS) is 18.1. The fourth-order valence-corrected chi connectivity index (χ4v) is 2.56. The van der Waals surface area contributed by atoms with Gasteiger partial charge < -0.3 is 5.73 Å². The van der Waals surface area contributed by atoms with Gasteiger partial charge in [0.2, 0.25) is 5.91 Å². The van der Waals surface area contributed by atoms with E-state index in [2.05, 4.69) is 47.1 Å². The second-order valence-electron chi connectivity index (χ2n) is 5.42. The molecule has 0 bridgehead atoms. The molecule has 108 valence electrons. The average molecular weight is 273 g/mol. The minimum Gasteiger partial charge on any atom is -0.369 e. The maximum absolute atomic E-state index is 10.9. The Kier molecular flexibility index (Phi) is 5.32. The standard InChI is InChI=1S/C16H23N3O/c1-14(11-15-5-3-2-4-6-15)12-18-7-9-19(10-8-18)13-16(17)20/h2-6,11H,7-10,12-13H2,1H3,(H2,17,20)/b14-11-. The first-order chi connectivity index (χ1) is 9.63. The Morgan fingerprint density at radius 2 is 1.65 bits per heavy atom. The first kappa shape index (κ1) is 14.8. The molecule has 4 nitrogen and oxygen atoms in total. The second kappa shape index (κ2) is 7.22. The average Bonchev–Trinajstić information content (AvgIpc) is 2.41. The van der Waals surface area contributed by atoms with Crippen LogP contribution >= 0.6 is 0 Å². The number of nitrogens with two attached hydrogens (primary N) is 1. The fourth-order valence-electron chi connectivity index (χ4n) is 2.56. The van der Waals surface area contributed by atoms with E-state index in [4.69, 9.17) is 5.73 Å². The van der Waals surface area contributed by atoms with Crippen LogP contribution < -0.4 is 5.73 Å². The number of carbonyl (C=O) groups excluding carboxylic acids is 1. The highest BCUT2D eigenvalue weighted by Crippen LogP contribution is 2.09. The third-order valence-corrected chi connectivity index (χ3v) is 3.53. The minimum atomic E-state index is -0.237. The molecular weight excluding hydrogens is 250 g/mol. The number of primary amides is 1. The number of hydrogen-bond donors (Lipinski definition) is 1. The van der Waals surface area contributed by atoms with Gasteiger partial charge in [-0.1, -0.05) is 42.0 Å². The zero-order chi connectivity index (χ0) is 14.4. The van der Waals surface area contributed by atoms with E-state index in [0.717, 1.165) is 32.7 Å². The van der Waals surface area contributed by atoms with Crippen molar-refractivity contribution >= 4 is 12.0 Å². The van der Waals surface area contributed by atoms with E-state index in [1.807, 2.05) is 6.07 Å². The fraction of sp³-hybridized carbons (Fsp3) is 0.438. The number of carbonyl (C=O) groups is 1. The molecular formula is C16H23N3O. The summed E-state index contributed by atoms with van der Waals surface area (Å²) in [5, 5.41) is 0. The third kappa shape index (κ3) is 4.79. The molecule has 0 aliphatic carbocycles. The molecule has 0 atom stereocenters. The van der Waals surface area contributed by atoms with Gasteiger partial charge in [0.1, 0.15) is 0 Å². The molecule has 1 saturated heterocycles. The lowest BCUT2D eigenvalue weighted by molar-refractivity contribution is -0.119. The Hall–Kier alpha value is -1.65. The van der Waals surface area contributed by atoms with E-state index >= 15 is 0 Å². The molecule has 4 heteroatoms. The van der Waals surface area contributed by atoms with E-state index in [-0.39, 0.29) is 5.91 Å². The number of benzene rings is 1. The molecule has 1 aromatic carbocycles. The van der Waals surface area contributed by atoms with Crippen LogP contribution in [0.15, 0.2) is 35.9 Å². The first-order valence-corrected chi connectivity index (χ1v) is 7.09. The van der Waals surface area contributed by atoms with Gasteiger partial charge in [-0.25, -0.2) is 0 Å². The summed E-state index contributed by atoms with van der Waals surface area (Å²) in [6, 6.07) is 10.4. The van der Waals surface area contributed by atoms with Crippen molar-refractivity contribution in [3.05, 3.63) is 41.5 Å². The van der Waals surface area contributed by atoms with Crippen LogP contribution in [0.5, 0.6) is 0 Å². The smallest absolute Gasteiger partial charge is 0.231 e. The molecule has 1 heterocycles. The molecule has 1 aliphatic rings. The quantitative estimate of drug-likeness (QED) is 0.877. The van der Waals surface area contributed by atoms with E-state index < -0.39 is 0 Å². The van der Waals surface area contributed by atoms with Crippen molar-refractivity contribution in [2.45, 2.75) is 6.92 Å². The highest BCUT2D eigenvalue weighted by molar-refractivity contribution is 5.75. The summed E-state index contributed by atoms with van der Waals surface area (Å²) in [7, 11) is 0. The number of piperazine rings is 1. The second-order valence-corrected chi connectivity index (χ2v) is 5.42. The lowest BCUT2D eigenvalue weighted by Gasteiger charge is -2.34. The molecule has 0 saturated carbocycles. The van der Waals surface area contributed by atoms with Crippen LogP contribution in [0.25, 0.3) is 6.08 Å². The number of hydrogen-bond acceptors (Lipinski definition) is 3. The van der Waals surface area contributed by atoms with Gasteiger partial charge >= 0.3 is 0 Å². The van der Waals surface area contributed by atoms with Crippen molar-refractivity contribution in [2.24, 2.45) is 5.73 Å². The Morgan fingerprint density at radius 3 is 2.20 bits per heavy atom. The minimum absolute atomic E-state index is 0.237. The van der Waals surface area contributed by atoms with Gasteiger partial charge in [0.05, 0.1) is 6.54 Å². The van der Waals surface area contributed by atoms with Crippen LogP contribution in [0.3, 0.4) is 0 Å². The molecule has 0 spiro atoms. The van der Waals surface area contributed by atoms with Gasteiger partial charge in [0, 0.05) is 32.7 Å². The zero-order valence-corrected chi connectivity index (χ0v) is 12.1. The van der Waals surface area contributed by atoms with Crippen molar-refractivity contribution in [3.8, 4) is 0 Å². The Balaban J connectivity index is 1.80.